The molecular formula is C22H22ClN3O3. The summed E-state index contributed by atoms with van der Waals surface area (Å²) in [4.78, 5) is 13.2. The molecule has 3 aromatic rings. The van der Waals surface area contributed by atoms with Gasteiger partial charge < -0.3 is 9.15 Å². The molecule has 0 bridgehead atoms. The van der Waals surface area contributed by atoms with Crippen LogP contribution in [0.4, 0.5) is 6.01 Å². The maximum absolute atomic E-state index is 13.2. The number of nitrogens with one attached hydrogen (secondary N) is 1. The second-order valence-electron chi connectivity index (χ2n) is 7.12. The molecule has 0 unspecified atom stereocenters. The molecule has 0 saturated heterocycles. The van der Waals surface area contributed by atoms with Gasteiger partial charge in [0.2, 0.25) is 11.8 Å². The van der Waals surface area contributed by atoms with Crippen LogP contribution in [0.25, 0.3) is 11.5 Å². The summed E-state index contributed by atoms with van der Waals surface area (Å²) in [5, 5.41) is 11.5. The first-order valence-corrected chi connectivity index (χ1v) is 10.1. The van der Waals surface area contributed by atoms with Gasteiger partial charge in [0.25, 0.3) is 0 Å². The van der Waals surface area contributed by atoms with Crippen LogP contribution in [0.2, 0.25) is 5.02 Å². The first-order valence-electron chi connectivity index (χ1n) is 9.75. The zero-order valence-corrected chi connectivity index (χ0v) is 16.9. The average Bonchev–Trinajstić information content (AvgIpc) is 3.40. The number of anilines is 1. The fourth-order valence-electron chi connectivity index (χ4n) is 3.86. The Kier molecular flexibility index (Phi) is 5.53. The largest absolute Gasteiger partial charge is 0.494 e. The quantitative estimate of drug-likeness (QED) is 0.600. The van der Waals surface area contributed by atoms with Gasteiger partial charge >= 0.3 is 6.01 Å². The van der Waals surface area contributed by atoms with E-state index in [0.717, 1.165) is 42.6 Å². The Morgan fingerprint density at radius 2 is 1.79 bits per heavy atom. The molecule has 0 atom stereocenters. The molecule has 1 N–H and O–H groups in total. The zero-order valence-electron chi connectivity index (χ0n) is 16.2. The summed E-state index contributed by atoms with van der Waals surface area (Å²) in [6, 6.07) is 15.0. The second-order valence-corrected chi connectivity index (χ2v) is 7.56. The molecule has 2 aromatic carbocycles. The molecule has 1 fully saturated rings. The van der Waals surface area contributed by atoms with E-state index in [0.29, 0.717) is 17.5 Å². The third-order valence-electron chi connectivity index (χ3n) is 5.35. The molecule has 1 aliphatic rings. The molecule has 6 nitrogen and oxygen atoms in total. The van der Waals surface area contributed by atoms with Crippen LogP contribution in [0.5, 0.6) is 5.75 Å². The van der Waals surface area contributed by atoms with Crippen molar-refractivity contribution >= 4 is 23.5 Å². The number of ether oxygens (including phenoxy) is 1. The van der Waals surface area contributed by atoms with Crippen molar-refractivity contribution in [3.05, 3.63) is 59.1 Å². The Balaban J connectivity index is 1.52. The molecule has 150 valence electrons. The van der Waals surface area contributed by atoms with Gasteiger partial charge in [-0.25, -0.2) is 0 Å². The van der Waals surface area contributed by atoms with Crippen LogP contribution in [0.1, 0.15) is 38.2 Å². The molecule has 29 heavy (non-hydrogen) atoms. The average molecular weight is 412 g/mol. The first-order chi connectivity index (χ1) is 14.1. The highest BCUT2D eigenvalue weighted by Crippen LogP contribution is 2.42. The number of hydrogen-bond donors (Lipinski definition) is 1. The fourth-order valence-corrected chi connectivity index (χ4v) is 3.99. The standard InChI is InChI=1S/C22H22ClN3O3/c1-2-28-18-11-5-15(6-12-18)19-25-26-21(29-19)24-20(27)22(13-3-4-14-22)16-7-9-17(23)10-8-16/h5-12H,2-4,13-14H2,1H3,(H,24,26,27). The predicted octanol–water partition coefficient (Wildman–Crippen LogP) is 5.24. The van der Waals surface area contributed by atoms with Gasteiger partial charge in [-0.3, -0.25) is 10.1 Å². The number of aromatic nitrogens is 2. The van der Waals surface area contributed by atoms with Crippen LogP contribution in [-0.4, -0.2) is 22.7 Å². The lowest BCUT2D eigenvalue weighted by atomic mass is 9.78. The SMILES string of the molecule is CCOc1ccc(-c2nnc(NC(=O)C3(c4ccc(Cl)cc4)CCCC3)o2)cc1. The lowest BCUT2D eigenvalue weighted by Crippen LogP contribution is -2.38. The summed E-state index contributed by atoms with van der Waals surface area (Å²) in [6.45, 7) is 2.54. The highest BCUT2D eigenvalue weighted by molar-refractivity contribution is 6.30. The van der Waals surface area contributed by atoms with Crippen LogP contribution in [-0.2, 0) is 10.2 Å². The van der Waals surface area contributed by atoms with Gasteiger partial charge in [-0.1, -0.05) is 41.7 Å². The van der Waals surface area contributed by atoms with Gasteiger partial charge in [0.15, 0.2) is 0 Å². The van der Waals surface area contributed by atoms with Gasteiger partial charge in [0.1, 0.15) is 5.75 Å². The van der Waals surface area contributed by atoms with Crippen molar-refractivity contribution in [2.24, 2.45) is 0 Å². The Labute approximate surface area is 174 Å². The monoisotopic (exact) mass is 411 g/mol. The summed E-state index contributed by atoms with van der Waals surface area (Å²) in [7, 11) is 0. The van der Waals surface area contributed by atoms with Crippen molar-refractivity contribution in [2.75, 3.05) is 11.9 Å². The minimum absolute atomic E-state index is 0.0964. The molecule has 4 rings (SSSR count). The molecule has 0 aliphatic heterocycles. The van der Waals surface area contributed by atoms with Crippen LogP contribution in [0.3, 0.4) is 0 Å². The summed E-state index contributed by atoms with van der Waals surface area (Å²) >= 11 is 6.02. The lowest BCUT2D eigenvalue weighted by molar-refractivity contribution is -0.121. The van der Waals surface area contributed by atoms with E-state index in [4.69, 9.17) is 20.8 Å². The summed E-state index contributed by atoms with van der Waals surface area (Å²) in [6.07, 6.45) is 3.55. The van der Waals surface area contributed by atoms with Crippen LogP contribution in [0.15, 0.2) is 52.9 Å². The van der Waals surface area contributed by atoms with Crippen molar-refractivity contribution in [1.29, 1.82) is 0 Å². The Morgan fingerprint density at radius 1 is 1.10 bits per heavy atom. The molecule has 7 heteroatoms. The topological polar surface area (TPSA) is 77.3 Å². The molecule has 1 heterocycles. The van der Waals surface area contributed by atoms with Crippen LogP contribution < -0.4 is 10.1 Å². The van der Waals surface area contributed by atoms with E-state index < -0.39 is 5.41 Å². The van der Waals surface area contributed by atoms with Crippen molar-refractivity contribution in [3.63, 3.8) is 0 Å². The third kappa shape index (κ3) is 3.98. The smallest absolute Gasteiger partial charge is 0.322 e. The third-order valence-corrected chi connectivity index (χ3v) is 5.60. The maximum Gasteiger partial charge on any atom is 0.322 e. The van der Waals surface area contributed by atoms with Gasteiger partial charge in [0.05, 0.1) is 12.0 Å². The molecule has 1 aromatic heterocycles. The zero-order chi connectivity index (χ0) is 20.3. The molecule has 0 spiro atoms. The number of rotatable bonds is 6. The number of hydrogen-bond acceptors (Lipinski definition) is 5. The summed E-state index contributed by atoms with van der Waals surface area (Å²) in [5.41, 5.74) is 1.12. The van der Waals surface area contributed by atoms with Crippen LogP contribution >= 0.6 is 11.6 Å². The number of carbonyl (C=O) groups excluding carboxylic acids is 1. The molecule has 0 radical (unpaired) electrons. The number of nitrogens with zero attached hydrogens (tertiary/aromatic N) is 2. The number of halogens is 1. The minimum atomic E-state index is -0.599. The van der Waals surface area contributed by atoms with E-state index in [9.17, 15) is 4.79 Å². The van der Waals surface area contributed by atoms with Crippen molar-refractivity contribution < 1.29 is 13.9 Å². The lowest BCUT2D eigenvalue weighted by Gasteiger charge is -2.27. The summed E-state index contributed by atoms with van der Waals surface area (Å²) in [5.74, 6) is 0.991. The van der Waals surface area contributed by atoms with E-state index in [1.54, 1.807) is 0 Å². The van der Waals surface area contributed by atoms with E-state index >= 15 is 0 Å². The van der Waals surface area contributed by atoms with Crippen molar-refractivity contribution in [2.45, 2.75) is 38.0 Å². The summed E-state index contributed by atoms with van der Waals surface area (Å²) < 4.78 is 11.1. The van der Waals surface area contributed by atoms with Gasteiger partial charge in [-0.15, -0.1) is 5.10 Å². The van der Waals surface area contributed by atoms with Crippen LogP contribution in [0, 0.1) is 0 Å². The Bertz CT molecular complexity index is 977. The number of carbonyl (C=O) groups is 1. The molecule has 1 aliphatic carbocycles. The van der Waals surface area contributed by atoms with E-state index in [-0.39, 0.29) is 11.9 Å². The van der Waals surface area contributed by atoms with Crippen molar-refractivity contribution in [1.82, 2.24) is 10.2 Å². The maximum atomic E-state index is 13.2. The molecule has 1 saturated carbocycles. The van der Waals surface area contributed by atoms with Gasteiger partial charge in [-0.05, 0) is 61.7 Å². The number of benzene rings is 2. The first kappa shape index (κ1) is 19.5. The Hall–Kier alpha value is -2.86. The highest BCUT2D eigenvalue weighted by Gasteiger charge is 2.43. The second kappa shape index (κ2) is 8.25. The number of amides is 1. The van der Waals surface area contributed by atoms with E-state index in [1.165, 1.54) is 0 Å². The highest BCUT2D eigenvalue weighted by atomic mass is 35.5. The van der Waals surface area contributed by atoms with E-state index in [2.05, 4.69) is 15.5 Å². The van der Waals surface area contributed by atoms with Gasteiger partial charge in [0, 0.05) is 10.6 Å². The molecular weight excluding hydrogens is 390 g/mol. The van der Waals surface area contributed by atoms with E-state index in [1.807, 2.05) is 55.5 Å². The van der Waals surface area contributed by atoms with Gasteiger partial charge in [-0.2, -0.15) is 0 Å². The fraction of sp³-hybridized carbons (Fsp3) is 0.318. The Morgan fingerprint density at radius 3 is 2.45 bits per heavy atom. The van der Waals surface area contributed by atoms with Crippen molar-refractivity contribution in [3.8, 4) is 17.2 Å². The normalized spacial score (nSPS) is 15.2. The minimum Gasteiger partial charge on any atom is -0.494 e. The molecule has 1 amide bonds. The predicted molar refractivity (Wildman–Crippen MR) is 111 cm³/mol.